The van der Waals surface area contributed by atoms with Crippen LogP contribution in [0.15, 0.2) is 30.3 Å². The molecule has 1 aromatic heterocycles. The molecule has 7 heteroatoms. The molecule has 2 aromatic rings. The maximum atomic E-state index is 11.8. The molecule has 0 unspecified atom stereocenters. The smallest absolute Gasteiger partial charge is 0.225 e. The fourth-order valence-electron chi connectivity index (χ4n) is 3.09. The maximum absolute atomic E-state index is 11.8. The number of amides is 1. The number of aromatic nitrogens is 2. The number of aliphatic hydroxyl groups excluding tert-OH is 1. The van der Waals surface area contributed by atoms with Crippen LogP contribution in [0.4, 0.5) is 0 Å². The van der Waals surface area contributed by atoms with Gasteiger partial charge in [0.25, 0.3) is 0 Å². The minimum Gasteiger partial charge on any atom is -0.386 e. The van der Waals surface area contributed by atoms with Crippen molar-refractivity contribution < 1.29 is 9.90 Å². The minimum absolute atomic E-state index is 0.0358. The Labute approximate surface area is 153 Å². The molecule has 0 saturated carbocycles. The second-order valence-electron chi connectivity index (χ2n) is 6.81. The fraction of sp³-hybridized carbons (Fsp3) is 0.421. The molecule has 0 spiro atoms. The van der Waals surface area contributed by atoms with Crippen molar-refractivity contribution in [1.82, 2.24) is 19.6 Å². The molecule has 1 atom stereocenters. The zero-order valence-corrected chi connectivity index (χ0v) is 15.1. The van der Waals surface area contributed by atoms with Crippen LogP contribution in [0, 0.1) is 11.3 Å². The van der Waals surface area contributed by atoms with Gasteiger partial charge in [0.1, 0.15) is 6.10 Å². The van der Waals surface area contributed by atoms with Gasteiger partial charge in [-0.3, -0.25) is 14.4 Å². The van der Waals surface area contributed by atoms with Gasteiger partial charge < -0.3 is 10.0 Å². The average Bonchev–Trinajstić information content (AvgIpc) is 3.05. The van der Waals surface area contributed by atoms with Crippen molar-refractivity contribution >= 4 is 5.91 Å². The molecule has 0 bridgehead atoms. The molecule has 136 valence electrons. The van der Waals surface area contributed by atoms with Crippen molar-refractivity contribution in [3.8, 4) is 6.07 Å². The average molecular weight is 353 g/mol. The first-order valence-corrected chi connectivity index (χ1v) is 8.62. The van der Waals surface area contributed by atoms with Gasteiger partial charge in [0.05, 0.1) is 36.0 Å². The highest BCUT2D eigenvalue weighted by molar-refractivity contribution is 5.76. The van der Waals surface area contributed by atoms with Crippen LogP contribution in [-0.4, -0.2) is 51.2 Å². The zero-order chi connectivity index (χ0) is 18.7. The zero-order valence-electron chi connectivity index (χ0n) is 15.1. The van der Waals surface area contributed by atoms with Crippen LogP contribution >= 0.6 is 0 Å². The Hall–Kier alpha value is -2.69. The van der Waals surface area contributed by atoms with Crippen LogP contribution in [0.1, 0.15) is 35.0 Å². The van der Waals surface area contributed by atoms with Crippen LogP contribution in [0.5, 0.6) is 0 Å². The normalized spacial score (nSPS) is 15.2. The van der Waals surface area contributed by atoms with E-state index in [2.05, 4.69) is 16.1 Å². The van der Waals surface area contributed by atoms with Crippen molar-refractivity contribution in [3.05, 3.63) is 52.8 Å². The summed E-state index contributed by atoms with van der Waals surface area (Å²) >= 11 is 0. The van der Waals surface area contributed by atoms with Crippen LogP contribution in [0.2, 0.25) is 0 Å². The highest BCUT2D eigenvalue weighted by Crippen LogP contribution is 2.22. The van der Waals surface area contributed by atoms with Crippen molar-refractivity contribution in [1.29, 1.82) is 5.26 Å². The Morgan fingerprint density at radius 2 is 2.19 bits per heavy atom. The van der Waals surface area contributed by atoms with E-state index in [0.717, 1.165) is 37.4 Å². The Bertz CT molecular complexity index is 837. The number of aliphatic hydroxyl groups is 1. The van der Waals surface area contributed by atoms with E-state index in [1.807, 2.05) is 28.9 Å². The summed E-state index contributed by atoms with van der Waals surface area (Å²) in [6.07, 6.45) is -0.850. The minimum atomic E-state index is -0.885. The van der Waals surface area contributed by atoms with Gasteiger partial charge in [0, 0.05) is 33.7 Å². The first-order chi connectivity index (χ1) is 12.5. The van der Waals surface area contributed by atoms with E-state index in [-0.39, 0.29) is 12.3 Å². The van der Waals surface area contributed by atoms with Crippen LogP contribution in [-0.2, 0) is 24.4 Å². The second kappa shape index (κ2) is 7.68. The predicted octanol–water partition coefficient (Wildman–Crippen LogP) is 1.28. The first-order valence-electron chi connectivity index (χ1n) is 8.62. The van der Waals surface area contributed by atoms with Crippen LogP contribution in [0.3, 0.4) is 0 Å². The van der Waals surface area contributed by atoms with E-state index in [0.29, 0.717) is 11.3 Å². The van der Waals surface area contributed by atoms with Crippen molar-refractivity contribution in [2.75, 3.05) is 20.6 Å². The number of hydrogen-bond donors (Lipinski definition) is 1. The molecule has 3 rings (SSSR count). The molecule has 26 heavy (non-hydrogen) atoms. The molecule has 0 aliphatic carbocycles. The number of fused-ring (bicyclic) bond motifs is 1. The van der Waals surface area contributed by atoms with E-state index in [1.54, 1.807) is 20.2 Å². The lowest BCUT2D eigenvalue weighted by Crippen LogP contribution is -2.33. The lowest BCUT2D eigenvalue weighted by molar-refractivity contribution is -0.130. The summed E-state index contributed by atoms with van der Waals surface area (Å²) in [6.45, 7) is 3.06. The molecule has 1 aliphatic heterocycles. The van der Waals surface area contributed by atoms with Crippen molar-refractivity contribution in [2.45, 2.75) is 32.2 Å². The summed E-state index contributed by atoms with van der Waals surface area (Å²) in [6, 6.07) is 11.7. The van der Waals surface area contributed by atoms with Crippen molar-refractivity contribution in [2.24, 2.45) is 0 Å². The predicted molar refractivity (Wildman–Crippen MR) is 95.8 cm³/mol. The SMILES string of the molecule is CN(C)C(=O)C[C@@H](O)c1cc2n(n1)CCN(Cc1cccc(C#N)c1)C2. The lowest BCUT2D eigenvalue weighted by atomic mass is 10.1. The van der Waals surface area contributed by atoms with Gasteiger partial charge in [0.2, 0.25) is 5.91 Å². The lowest BCUT2D eigenvalue weighted by Gasteiger charge is -2.27. The van der Waals surface area contributed by atoms with Crippen LogP contribution < -0.4 is 0 Å². The second-order valence-corrected chi connectivity index (χ2v) is 6.81. The Kier molecular flexibility index (Phi) is 5.35. The fourth-order valence-corrected chi connectivity index (χ4v) is 3.09. The number of carbonyl (C=O) groups excluding carboxylic acids is 1. The van der Waals surface area contributed by atoms with Gasteiger partial charge in [-0.05, 0) is 23.8 Å². The molecular formula is C19H23N5O2. The highest BCUT2D eigenvalue weighted by atomic mass is 16.3. The molecule has 0 fully saturated rings. The molecule has 1 amide bonds. The van der Waals surface area contributed by atoms with Crippen LogP contribution in [0.25, 0.3) is 0 Å². The topological polar surface area (TPSA) is 85.4 Å². The Balaban J connectivity index is 1.66. The van der Waals surface area contributed by atoms with E-state index < -0.39 is 6.10 Å². The number of carbonyl (C=O) groups is 1. The Morgan fingerprint density at radius 1 is 1.38 bits per heavy atom. The summed E-state index contributed by atoms with van der Waals surface area (Å²) in [5, 5.41) is 23.8. The standard InChI is InChI=1S/C19H23N5O2/c1-22(2)19(26)10-18(25)17-9-16-13-23(6-7-24(16)21-17)12-15-5-3-4-14(8-15)11-20/h3-5,8-9,18,25H,6-7,10,12-13H2,1-2H3/t18-/m1/s1. The molecule has 1 N–H and O–H groups in total. The number of benzene rings is 1. The summed E-state index contributed by atoms with van der Waals surface area (Å²) in [5.74, 6) is -0.123. The van der Waals surface area contributed by atoms with Gasteiger partial charge in [-0.1, -0.05) is 12.1 Å². The first kappa shape index (κ1) is 18.1. The van der Waals surface area contributed by atoms with Gasteiger partial charge in [-0.25, -0.2) is 0 Å². The number of rotatable bonds is 5. The van der Waals surface area contributed by atoms with Gasteiger partial charge >= 0.3 is 0 Å². The van der Waals surface area contributed by atoms with Gasteiger partial charge in [-0.15, -0.1) is 0 Å². The summed E-state index contributed by atoms with van der Waals surface area (Å²) < 4.78 is 1.90. The molecule has 1 aromatic carbocycles. The van der Waals surface area contributed by atoms with E-state index in [1.165, 1.54) is 4.90 Å². The van der Waals surface area contributed by atoms with Crippen molar-refractivity contribution in [3.63, 3.8) is 0 Å². The molecule has 0 radical (unpaired) electrons. The third-order valence-electron chi connectivity index (χ3n) is 4.57. The Morgan fingerprint density at radius 3 is 2.92 bits per heavy atom. The molecular weight excluding hydrogens is 330 g/mol. The summed E-state index contributed by atoms with van der Waals surface area (Å²) in [7, 11) is 3.35. The summed E-state index contributed by atoms with van der Waals surface area (Å²) in [5.41, 5.74) is 3.34. The molecule has 0 saturated heterocycles. The molecule has 2 heterocycles. The maximum Gasteiger partial charge on any atom is 0.225 e. The van der Waals surface area contributed by atoms with Gasteiger partial charge in [-0.2, -0.15) is 10.4 Å². The van der Waals surface area contributed by atoms with E-state index in [4.69, 9.17) is 5.26 Å². The van der Waals surface area contributed by atoms with Gasteiger partial charge in [0.15, 0.2) is 0 Å². The molecule has 7 nitrogen and oxygen atoms in total. The number of hydrogen-bond acceptors (Lipinski definition) is 5. The third kappa shape index (κ3) is 4.10. The quantitative estimate of drug-likeness (QED) is 0.875. The molecule has 1 aliphatic rings. The monoisotopic (exact) mass is 353 g/mol. The third-order valence-corrected chi connectivity index (χ3v) is 4.57. The number of nitriles is 1. The highest BCUT2D eigenvalue weighted by Gasteiger charge is 2.23. The van der Waals surface area contributed by atoms with E-state index >= 15 is 0 Å². The summed E-state index contributed by atoms with van der Waals surface area (Å²) in [4.78, 5) is 15.5. The van der Waals surface area contributed by atoms with E-state index in [9.17, 15) is 9.90 Å². The number of nitrogens with zero attached hydrogens (tertiary/aromatic N) is 5. The largest absolute Gasteiger partial charge is 0.386 e.